The van der Waals surface area contributed by atoms with E-state index in [1.54, 1.807) is 0 Å². The van der Waals surface area contributed by atoms with Gasteiger partial charge in [-0.1, -0.05) is 237 Å². The van der Waals surface area contributed by atoms with Gasteiger partial charge in [-0.2, -0.15) is 0 Å². The van der Waals surface area contributed by atoms with Crippen molar-refractivity contribution < 1.29 is 0 Å². The molecule has 1 fully saturated rings. The summed E-state index contributed by atoms with van der Waals surface area (Å²) in [4.78, 5) is 9.68. The maximum Gasteiger partial charge on any atom is 0.0576 e. The summed E-state index contributed by atoms with van der Waals surface area (Å²) in [6.45, 7) is 66.1. The van der Waals surface area contributed by atoms with Crippen molar-refractivity contribution in [3.05, 3.63) is 291 Å². The summed E-state index contributed by atoms with van der Waals surface area (Å²) >= 11 is 0. The Bertz CT molecular complexity index is 6090. The average Bonchev–Trinajstić information content (AvgIpc) is 1.58. The van der Waals surface area contributed by atoms with Crippen molar-refractivity contribution >= 4 is 92.9 Å². The highest BCUT2D eigenvalue weighted by Gasteiger charge is 2.46. The zero-order valence-corrected chi connectivity index (χ0v) is 83.1. The van der Waals surface area contributed by atoms with Crippen molar-refractivity contribution in [2.75, 3.05) is 26.0 Å². The molecule has 0 amide bonds. The molecule has 0 aliphatic carbocycles. The Labute approximate surface area is 759 Å². The van der Waals surface area contributed by atoms with Gasteiger partial charge in [-0.3, -0.25) is 9.80 Å². The number of piperidine rings is 1. The molecule has 1 saturated heterocycles. The Balaban J connectivity index is 0.000000150. The average molecular weight is 1680 g/mol. The summed E-state index contributed by atoms with van der Waals surface area (Å²) in [5.41, 5.74) is 22.2. The molecule has 0 atom stereocenters. The first-order valence-electron chi connectivity index (χ1n) is 46.3. The second-order valence-electron chi connectivity index (χ2n) is 43.7. The molecular weight excluding hydrogens is 1530 g/mol. The molecule has 5 heterocycles. The van der Waals surface area contributed by atoms with Crippen molar-refractivity contribution in [1.82, 2.24) is 33.0 Å². The Morgan fingerprint density at radius 1 is 0.278 bits per heavy atom. The van der Waals surface area contributed by atoms with Gasteiger partial charge < -0.3 is 28.1 Å². The molecule has 0 unspecified atom stereocenters. The van der Waals surface area contributed by atoms with E-state index in [1.807, 2.05) is 6.07 Å². The largest absolute Gasteiger partial charge is 0.370 e. The van der Waals surface area contributed by atoms with E-state index >= 15 is 0 Å². The summed E-state index contributed by atoms with van der Waals surface area (Å²) in [5.74, 6) is 0. The van der Waals surface area contributed by atoms with Crippen LogP contribution in [0.1, 0.15) is 220 Å². The van der Waals surface area contributed by atoms with Crippen molar-refractivity contribution in [3.8, 4) is 39.1 Å². The smallest absolute Gasteiger partial charge is 0.0576 e. The van der Waals surface area contributed by atoms with Crippen LogP contribution < -0.4 is 4.90 Å². The topological polar surface area (TPSA) is 32.7 Å². The van der Waals surface area contributed by atoms with Gasteiger partial charge in [0.25, 0.3) is 0 Å². The fourth-order valence-electron chi connectivity index (χ4n) is 20.1. The molecule has 4 aromatic heterocycles. The van der Waals surface area contributed by atoms with Crippen LogP contribution >= 0.6 is 0 Å². The van der Waals surface area contributed by atoms with E-state index in [0.717, 1.165) is 0 Å². The Morgan fingerprint density at radius 2 is 0.571 bits per heavy atom. The second-order valence-corrected chi connectivity index (χ2v) is 43.7. The van der Waals surface area contributed by atoms with Crippen LogP contribution in [-0.2, 0) is 16.6 Å². The number of rotatable bonds is 7. The first-order valence-corrected chi connectivity index (χ1v) is 46.3. The molecular formula is C118H152N8. The predicted molar refractivity (Wildman–Crippen MR) is 557 cm³/mol. The van der Waals surface area contributed by atoms with Crippen LogP contribution in [0.5, 0.6) is 0 Å². The third-order valence-corrected chi connectivity index (χ3v) is 25.1. The Morgan fingerprint density at radius 3 is 0.889 bits per heavy atom. The minimum absolute atomic E-state index is 0.00964. The van der Waals surface area contributed by atoms with Crippen LogP contribution in [0.4, 0.5) is 5.69 Å². The van der Waals surface area contributed by atoms with Crippen LogP contribution in [0, 0.1) is 0 Å². The lowest BCUT2D eigenvalue weighted by atomic mass is 9.76. The third-order valence-electron chi connectivity index (χ3n) is 25.1. The number of hydrogen-bond donors (Lipinski definition) is 0. The van der Waals surface area contributed by atoms with E-state index in [9.17, 15) is 0 Å². The Kier molecular flexibility index (Phi) is 29.2. The molecule has 0 radical (unpaired) electrons. The molecule has 1 aliphatic heterocycles. The first kappa shape index (κ1) is 96.2. The maximum atomic E-state index is 2.70. The van der Waals surface area contributed by atoms with Crippen LogP contribution in [0.25, 0.3) is 126 Å². The molecule has 0 N–H and O–H groups in total. The quantitative estimate of drug-likeness (QED) is 0.159. The number of benzene rings is 12. The highest BCUT2D eigenvalue weighted by molar-refractivity contribution is 6.17. The monoisotopic (exact) mass is 1680 g/mol. The summed E-state index contributed by atoms with van der Waals surface area (Å²) in [6, 6.07) is 106. The van der Waals surface area contributed by atoms with Crippen LogP contribution in [0.3, 0.4) is 0 Å². The van der Waals surface area contributed by atoms with Gasteiger partial charge in [-0.05, 0) is 305 Å². The highest BCUT2D eigenvalue weighted by atomic mass is 15.3. The second kappa shape index (κ2) is 38.2. The molecule has 16 aromatic rings. The third kappa shape index (κ3) is 21.5. The van der Waals surface area contributed by atoms with Crippen molar-refractivity contribution in [1.29, 1.82) is 0 Å². The van der Waals surface area contributed by atoms with Gasteiger partial charge in [0.15, 0.2) is 0 Å². The predicted octanol–water partition coefficient (Wildman–Crippen LogP) is 32.7. The van der Waals surface area contributed by atoms with E-state index in [2.05, 4.69) is 545 Å². The number of fused-ring (bicyclic) bond motifs is 12. The zero-order valence-electron chi connectivity index (χ0n) is 83.1. The normalized spacial score (nSPS) is 14.0. The lowest BCUT2D eigenvalue weighted by molar-refractivity contribution is -0.0896. The van der Waals surface area contributed by atoms with E-state index in [-0.39, 0.29) is 27.7 Å². The lowest BCUT2D eigenvalue weighted by Gasteiger charge is -2.59. The molecule has 0 bridgehead atoms. The highest BCUT2D eigenvalue weighted by Crippen LogP contribution is 2.47. The van der Waals surface area contributed by atoms with Crippen LogP contribution in [0.15, 0.2) is 291 Å². The van der Waals surface area contributed by atoms with Crippen LogP contribution in [0.2, 0.25) is 0 Å². The van der Waals surface area contributed by atoms with Gasteiger partial charge >= 0.3 is 0 Å². The van der Waals surface area contributed by atoms with Crippen molar-refractivity contribution in [2.45, 2.75) is 282 Å². The van der Waals surface area contributed by atoms with E-state index in [4.69, 9.17) is 0 Å². The van der Waals surface area contributed by atoms with Gasteiger partial charge in [-0.15, -0.1) is 0 Å². The number of likely N-dealkylation sites (tertiary alicyclic amines) is 1. The molecule has 12 aromatic carbocycles. The Hall–Kier alpha value is -10.5. The lowest BCUT2D eigenvalue weighted by Crippen LogP contribution is -2.65. The number of nitrogens with zero attached hydrogens (tertiary/aromatic N) is 8. The van der Waals surface area contributed by atoms with Crippen molar-refractivity contribution in [2.24, 2.45) is 0 Å². The standard InChI is InChI=1S/C28H24N2.C28H25N.C22H21N.C13H27N.C11H17N.C10H23N.C6H15N/c1-28(2,3)30-26-15-9-6-12-22(26)23-18-19(16-17-27(23)30)29-24-13-7-4-10-20(24)21-11-5-8-14-25(21)29;1-28(2,3)29-26-22(20-12-6-4-7-13-20)16-10-18-24(26)25-19-11-17-23(27(25)29)21-14-8-5-9-15-21;1-22(2,3)23-20-15-8-7-12-18(20)19-14-9-13-17(21(19)23)16-10-5-4-6-11-16;1-11(2,3)14-12(4,5)9-8-10-13(14,6)7;1-11(2,3)12(4)10-8-6-5-7-9-10;1-8(2)11(9(3)4)10(5,6)7;1-6(2,3)7(4)5/h4-18H,1-3H3;4-19H,1-3H3;4-15H,1-3H3;8-10H2,1-7H3;5-9H,1-4H3;8-9H,1-7H3;1-5H3. The molecule has 8 heteroatoms. The minimum atomic E-state index is -0.0598. The van der Waals surface area contributed by atoms with E-state index in [1.165, 1.54) is 151 Å². The van der Waals surface area contributed by atoms with E-state index in [0.29, 0.717) is 34.2 Å². The fraction of sp³-hybridized carbons (Fsp3) is 0.390. The summed E-state index contributed by atoms with van der Waals surface area (Å²) in [5, 5.41) is 10.5. The number of para-hydroxylation sites is 8. The zero-order chi connectivity index (χ0) is 92.2. The van der Waals surface area contributed by atoms with Crippen molar-refractivity contribution in [3.63, 3.8) is 0 Å². The number of aromatic nitrogens is 4. The van der Waals surface area contributed by atoms with Gasteiger partial charge in [0.1, 0.15) is 0 Å². The molecule has 126 heavy (non-hydrogen) atoms. The van der Waals surface area contributed by atoms with Gasteiger partial charge in [-0.25, -0.2) is 0 Å². The molecule has 17 rings (SSSR count). The SMILES string of the molecule is CC(C)(C)N1C(C)(C)CCCC1(C)C.CC(C)(C)n1c2c(-c3ccccc3)cccc2c2cccc(-c3ccccc3)c21.CC(C)(C)n1c2ccccc2c2cc(-n3c4ccccc4c4ccccc43)ccc21.CC(C)(C)n1c2ccccc2c2cccc(-c3ccccc3)c21.CC(C)N(C(C)C)C(C)(C)C.CN(C)C(C)(C)C.CN(c1ccccc1)C(C)(C)C. The molecule has 8 nitrogen and oxygen atoms in total. The first-order chi connectivity index (χ1) is 59.0. The fourth-order valence-corrected chi connectivity index (χ4v) is 20.1. The molecule has 0 saturated carbocycles. The van der Waals surface area contributed by atoms with Crippen LogP contribution in [-0.4, -0.2) is 99.4 Å². The van der Waals surface area contributed by atoms with E-state index < -0.39 is 0 Å². The summed E-state index contributed by atoms with van der Waals surface area (Å²) in [7, 11) is 6.29. The van der Waals surface area contributed by atoms with Gasteiger partial charge in [0.2, 0.25) is 0 Å². The maximum absolute atomic E-state index is 2.70. The number of anilines is 1. The molecule has 0 spiro atoms. The summed E-state index contributed by atoms with van der Waals surface area (Å²) in [6.07, 6.45) is 4.02. The van der Waals surface area contributed by atoms with Gasteiger partial charge in [0.05, 0.1) is 27.6 Å². The summed E-state index contributed by atoms with van der Waals surface area (Å²) < 4.78 is 9.89. The molecule has 664 valence electrons. The molecule has 1 aliphatic rings. The number of hydrogen-bond acceptors (Lipinski definition) is 4. The minimum Gasteiger partial charge on any atom is -0.370 e. The van der Waals surface area contributed by atoms with Gasteiger partial charge in [0, 0.05) is 157 Å².